The largest absolute Gasteiger partial charge is 0.481 e. The van der Waals surface area contributed by atoms with Crippen molar-refractivity contribution in [3.05, 3.63) is 30.1 Å². The van der Waals surface area contributed by atoms with Crippen LogP contribution in [-0.4, -0.2) is 21.2 Å². The second kappa shape index (κ2) is 4.00. The van der Waals surface area contributed by atoms with Gasteiger partial charge in [0, 0.05) is 12.4 Å². The van der Waals surface area contributed by atoms with E-state index in [0.29, 0.717) is 5.56 Å². The molecule has 1 heterocycles. The molecule has 70 valence electrons. The Labute approximate surface area is 75.9 Å². The van der Waals surface area contributed by atoms with E-state index >= 15 is 0 Å². The molecule has 0 aliphatic carbocycles. The van der Waals surface area contributed by atoms with Crippen LogP contribution in [0.25, 0.3) is 0 Å². The molecule has 4 nitrogen and oxygen atoms in total. The summed E-state index contributed by atoms with van der Waals surface area (Å²) in [5.74, 6) is -1.83. The van der Waals surface area contributed by atoms with Gasteiger partial charge in [-0.25, -0.2) is 0 Å². The highest BCUT2D eigenvalue weighted by molar-refractivity contribution is 5.70. The number of carboxylic acids is 1. The summed E-state index contributed by atoms with van der Waals surface area (Å²) in [7, 11) is 0. The lowest BCUT2D eigenvalue weighted by molar-refractivity contribution is -0.145. The first-order valence-electron chi connectivity index (χ1n) is 3.93. The van der Waals surface area contributed by atoms with Crippen LogP contribution in [0, 0.1) is 5.92 Å². The van der Waals surface area contributed by atoms with Crippen molar-refractivity contribution in [3.63, 3.8) is 0 Å². The zero-order valence-electron chi connectivity index (χ0n) is 7.21. The molecule has 2 atom stereocenters. The Hall–Kier alpha value is -1.42. The van der Waals surface area contributed by atoms with Crippen LogP contribution in [0.2, 0.25) is 0 Å². The Balaban J connectivity index is 2.79. The molecule has 0 fully saturated rings. The molecule has 4 heteroatoms. The molecule has 1 rings (SSSR count). The lowest BCUT2D eigenvalue weighted by Gasteiger charge is -2.14. The van der Waals surface area contributed by atoms with Crippen LogP contribution in [0.5, 0.6) is 0 Å². The highest BCUT2D eigenvalue weighted by Crippen LogP contribution is 2.20. The number of rotatable bonds is 3. The fourth-order valence-corrected chi connectivity index (χ4v) is 0.975. The summed E-state index contributed by atoms with van der Waals surface area (Å²) < 4.78 is 0. The van der Waals surface area contributed by atoms with Gasteiger partial charge in [0.25, 0.3) is 0 Å². The number of hydrogen-bond donors (Lipinski definition) is 2. The van der Waals surface area contributed by atoms with E-state index in [2.05, 4.69) is 4.98 Å². The Kier molecular flexibility index (Phi) is 2.97. The van der Waals surface area contributed by atoms with Crippen LogP contribution in [0.3, 0.4) is 0 Å². The number of carbonyl (C=O) groups is 1. The number of carboxylic acid groups (broad SMARTS) is 1. The first-order valence-corrected chi connectivity index (χ1v) is 3.93. The monoisotopic (exact) mass is 181 g/mol. The fourth-order valence-electron chi connectivity index (χ4n) is 0.975. The van der Waals surface area contributed by atoms with E-state index in [1.54, 1.807) is 18.3 Å². The SMILES string of the molecule is C[C@H](C(=O)O)C(O)c1cccnc1. The molecule has 0 saturated carbocycles. The molecular weight excluding hydrogens is 170 g/mol. The van der Waals surface area contributed by atoms with Gasteiger partial charge in [-0.15, -0.1) is 0 Å². The summed E-state index contributed by atoms with van der Waals surface area (Å²) in [4.78, 5) is 14.3. The second-order valence-electron chi connectivity index (χ2n) is 2.86. The molecule has 0 spiro atoms. The van der Waals surface area contributed by atoms with Crippen molar-refractivity contribution in [3.8, 4) is 0 Å². The number of pyridine rings is 1. The molecule has 0 saturated heterocycles. The Bertz CT molecular complexity index is 286. The second-order valence-corrected chi connectivity index (χ2v) is 2.86. The molecule has 1 aromatic rings. The predicted octanol–water partition coefficient (Wildman–Crippen LogP) is 0.836. The number of aliphatic hydroxyl groups excluding tert-OH is 1. The highest BCUT2D eigenvalue weighted by atomic mass is 16.4. The molecule has 2 N–H and O–H groups in total. The summed E-state index contributed by atoms with van der Waals surface area (Å²) in [6.07, 6.45) is 2.04. The minimum absolute atomic E-state index is 0.525. The van der Waals surface area contributed by atoms with E-state index in [1.165, 1.54) is 13.1 Å². The third-order valence-corrected chi connectivity index (χ3v) is 1.89. The van der Waals surface area contributed by atoms with Gasteiger partial charge in [-0.3, -0.25) is 9.78 Å². The Morgan fingerprint density at radius 2 is 2.31 bits per heavy atom. The van der Waals surface area contributed by atoms with Crippen LogP contribution in [0.15, 0.2) is 24.5 Å². The minimum atomic E-state index is -1.02. The van der Waals surface area contributed by atoms with Gasteiger partial charge >= 0.3 is 5.97 Å². The number of aromatic nitrogens is 1. The summed E-state index contributed by atoms with van der Waals surface area (Å²) in [6.45, 7) is 1.46. The number of nitrogens with zero attached hydrogens (tertiary/aromatic N) is 1. The van der Waals surface area contributed by atoms with Crippen molar-refractivity contribution < 1.29 is 15.0 Å². The summed E-state index contributed by atoms with van der Waals surface area (Å²) in [5, 5.41) is 18.2. The molecule has 0 aromatic carbocycles. The molecular formula is C9H11NO3. The first-order chi connectivity index (χ1) is 6.13. The smallest absolute Gasteiger partial charge is 0.309 e. The van der Waals surface area contributed by atoms with Gasteiger partial charge in [0.1, 0.15) is 0 Å². The maximum absolute atomic E-state index is 10.5. The highest BCUT2D eigenvalue weighted by Gasteiger charge is 2.22. The standard InChI is InChI=1S/C9H11NO3/c1-6(9(12)13)8(11)7-3-2-4-10-5-7/h2-6,8,11H,1H3,(H,12,13)/t6-,8?/m0/s1. The van der Waals surface area contributed by atoms with Crippen molar-refractivity contribution >= 4 is 5.97 Å². The van der Waals surface area contributed by atoms with Crippen LogP contribution in [0.1, 0.15) is 18.6 Å². The minimum Gasteiger partial charge on any atom is -0.481 e. The summed E-state index contributed by atoms with van der Waals surface area (Å²) >= 11 is 0. The van der Waals surface area contributed by atoms with Crippen molar-refractivity contribution in [2.45, 2.75) is 13.0 Å². The lowest BCUT2D eigenvalue weighted by atomic mass is 9.99. The average molecular weight is 181 g/mol. The maximum atomic E-state index is 10.5. The first kappa shape index (κ1) is 9.67. The number of hydrogen-bond acceptors (Lipinski definition) is 3. The van der Waals surface area contributed by atoms with E-state index in [-0.39, 0.29) is 0 Å². The van der Waals surface area contributed by atoms with Crippen molar-refractivity contribution in [2.24, 2.45) is 5.92 Å². The predicted molar refractivity (Wildman–Crippen MR) is 46.0 cm³/mol. The van der Waals surface area contributed by atoms with Crippen LogP contribution >= 0.6 is 0 Å². The van der Waals surface area contributed by atoms with E-state index in [9.17, 15) is 9.90 Å². The normalized spacial score (nSPS) is 14.9. The quantitative estimate of drug-likeness (QED) is 0.724. The molecule has 13 heavy (non-hydrogen) atoms. The molecule has 0 bridgehead atoms. The third-order valence-electron chi connectivity index (χ3n) is 1.89. The van der Waals surface area contributed by atoms with Gasteiger partial charge in [-0.2, -0.15) is 0 Å². The van der Waals surface area contributed by atoms with E-state index < -0.39 is 18.0 Å². The van der Waals surface area contributed by atoms with Gasteiger partial charge in [0.05, 0.1) is 12.0 Å². The summed E-state index contributed by atoms with van der Waals surface area (Å²) in [5.41, 5.74) is 0.525. The summed E-state index contributed by atoms with van der Waals surface area (Å²) in [6, 6.07) is 3.31. The van der Waals surface area contributed by atoms with Gasteiger partial charge in [0.15, 0.2) is 0 Å². The average Bonchev–Trinajstić information content (AvgIpc) is 2.17. The molecule has 1 unspecified atom stereocenters. The molecule has 0 radical (unpaired) electrons. The van der Waals surface area contributed by atoms with Crippen molar-refractivity contribution in [1.29, 1.82) is 0 Å². The Morgan fingerprint density at radius 3 is 2.77 bits per heavy atom. The van der Waals surface area contributed by atoms with E-state index in [4.69, 9.17) is 5.11 Å². The number of aliphatic hydroxyl groups is 1. The molecule has 1 aromatic heterocycles. The van der Waals surface area contributed by atoms with E-state index in [0.717, 1.165) is 0 Å². The third kappa shape index (κ3) is 2.26. The zero-order valence-corrected chi connectivity index (χ0v) is 7.21. The molecule has 0 aliphatic heterocycles. The van der Waals surface area contributed by atoms with Gasteiger partial charge in [0.2, 0.25) is 0 Å². The van der Waals surface area contributed by atoms with Gasteiger partial charge in [-0.05, 0) is 18.6 Å². The Morgan fingerprint density at radius 1 is 1.62 bits per heavy atom. The van der Waals surface area contributed by atoms with Crippen molar-refractivity contribution in [1.82, 2.24) is 4.98 Å². The van der Waals surface area contributed by atoms with Gasteiger partial charge < -0.3 is 10.2 Å². The van der Waals surface area contributed by atoms with Gasteiger partial charge in [-0.1, -0.05) is 6.07 Å². The van der Waals surface area contributed by atoms with Crippen LogP contribution in [0.4, 0.5) is 0 Å². The fraction of sp³-hybridized carbons (Fsp3) is 0.333. The van der Waals surface area contributed by atoms with Crippen LogP contribution in [-0.2, 0) is 4.79 Å². The van der Waals surface area contributed by atoms with E-state index in [1.807, 2.05) is 0 Å². The maximum Gasteiger partial charge on any atom is 0.309 e. The number of aliphatic carboxylic acids is 1. The molecule has 0 aliphatic rings. The van der Waals surface area contributed by atoms with Crippen LogP contribution < -0.4 is 0 Å². The zero-order chi connectivity index (χ0) is 9.84. The van der Waals surface area contributed by atoms with Crippen molar-refractivity contribution in [2.75, 3.05) is 0 Å². The topological polar surface area (TPSA) is 70.4 Å². The molecule has 0 amide bonds. The lowest BCUT2D eigenvalue weighted by Crippen LogP contribution is -2.18.